The maximum absolute atomic E-state index is 11.2. The van der Waals surface area contributed by atoms with E-state index in [4.69, 9.17) is 0 Å². The molecule has 2 aromatic rings. The van der Waals surface area contributed by atoms with Crippen molar-refractivity contribution in [1.29, 1.82) is 0 Å². The van der Waals surface area contributed by atoms with Crippen LogP contribution in [0.15, 0.2) is 54.6 Å². The van der Waals surface area contributed by atoms with Crippen LogP contribution in [0.1, 0.15) is 18.4 Å². The van der Waals surface area contributed by atoms with Crippen LogP contribution in [-0.2, 0) is 5.41 Å². The van der Waals surface area contributed by atoms with Crippen LogP contribution in [0.3, 0.4) is 0 Å². The van der Waals surface area contributed by atoms with Crippen molar-refractivity contribution >= 4 is 17.5 Å². The van der Waals surface area contributed by atoms with Crippen molar-refractivity contribution in [3.05, 3.63) is 60.2 Å². The molecule has 0 bridgehead atoms. The number of hydrogen-bond acceptors (Lipinski definition) is 2. The van der Waals surface area contributed by atoms with Crippen LogP contribution in [-0.4, -0.2) is 35.7 Å². The van der Waals surface area contributed by atoms with Crippen LogP contribution < -0.4 is 4.90 Å². The first-order valence-corrected chi connectivity index (χ1v) is 8.10. The van der Waals surface area contributed by atoms with Crippen LogP contribution in [0.5, 0.6) is 0 Å². The van der Waals surface area contributed by atoms with Crippen molar-refractivity contribution in [1.82, 2.24) is 4.90 Å². The lowest BCUT2D eigenvalue weighted by Gasteiger charge is -2.38. The molecule has 1 amide bonds. The van der Waals surface area contributed by atoms with Crippen LogP contribution in [0.25, 0.3) is 0 Å². The van der Waals surface area contributed by atoms with Crippen LogP contribution in [0.2, 0.25) is 0 Å². The quantitative estimate of drug-likeness (QED) is 0.870. The molecule has 4 heteroatoms. The van der Waals surface area contributed by atoms with Gasteiger partial charge in [-0.15, -0.1) is 0 Å². The molecule has 118 valence electrons. The molecule has 1 fully saturated rings. The molecule has 4 rings (SSSR count). The smallest absolute Gasteiger partial charge is 0.407 e. The Bertz CT molecular complexity index is 721. The molecule has 2 aliphatic rings. The highest BCUT2D eigenvalue weighted by atomic mass is 16.4. The summed E-state index contributed by atoms with van der Waals surface area (Å²) < 4.78 is 0. The second-order valence-electron chi connectivity index (χ2n) is 6.49. The third kappa shape index (κ3) is 2.25. The highest BCUT2D eigenvalue weighted by Gasteiger charge is 2.45. The average Bonchev–Trinajstić information content (AvgIpc) is 2.91. The monoisotopic (exact) mass is 308 g/mol. The summed E-state index contributed by atoms with van der Waals surface area (Å²) in [4.78, 5) is 15.1. The molecule has 4 nitrogen and oxygen atoms in total. The summed E-state index contributed by atoms with van der Waals surface area (Å²) in [5, 5.41) is 9.21. The molecule has 0 aromatic heterocycles. The van der Waals surface area contributed by atoms with Crippen molar-refractivity contribution in [2.75, 3.05) is 24.5 Å². The van der Waals surface area contributed by atoms with Crippen molar-refractivity contribution in [3.8, 4) is 0 Å². The summed E-state index contributed by atoms with van der Waals surface area (Å²) >= 11 is 0. The van der Waals surface area contributed by atoms with E-state index in [1.807, 2.05) is 6.07 Å². The molecule has 0 atom stereocenters. The van der Waals surface area contributed by atoms with E-state index in [0.29, 0.717) is 13.1 Å². The largest absolute Gasteiger partial charge is 0.465 e. The first-order chi connectivity index (χ1) is 11.2. The highest BCUT2D eigenvalue weighted by Crippen LogP contribution is 2.49. The minimum absolute atomic E-state index is 0.0678. The Morgan fingerprint density at radius 1 is 0.957 bits per heavy atom. The Morgan fingerprint density at radius 3 is 2.30 bits per heavy atom. The van der Waals surface area contributed by atoms with E-state index in [1.54, 1.807) is 4.90 Å². The van der Waals surface area contributed by atoms with Gasteiger partial charge in [-0.1, -0.05) is 36.4 Å². The molecule has 1 saturated heterocycles. The number of carbonyl (C=O) groups is 1. The number of para-hydroxylation sites is 2. The first-order valence-electron chi connectivity index (χ1n) is 8.10. The molecule has 23 heavy (non-hydrogen) atoms. The summed E-state index contributed by atoms with van der Waals surface area (Å²) in [6.45, 7) is 2.17. The van der Waals surface area contributed by atoms with Crippen LogP contribution in [0.4, 0.5) is 16.2 Å². The summed E-state index contributed by atoms with van der Waals surface area (Å²) in [5.74, 6) is 0. The Kier molecular flexibility index (Phi) is 3.26. The van der Waals surface area contributed by atoms with E-state index in [1.165, 1.54) is 16.9 Å². The predicted molar refractivity (Wildman–Crippen MR) is 90.4 cm³/mol. The number of carboxylic acid groups (broad SMARTS) is 1. The van der Waals surface area contributed by atoms with Gasteiger partial charge in [0.15, 0.2) is 0 Å². The van der Waals surface area contributed by atoms with Gasteiger partial charge in [0.05, 0.1) is 0 Å². The van der Waals surface area contributed by atoms with Gasteiger partial charge < -0.3 is 14.9 Å². The predicted octanol–water partition coefficient (Wildman–Crippen LogP) is 3.85. The molecule has 1 N–H and O–H groups in total. The molecular formula is C19H20N2O2. The standard InChI is InChI=1S/C19H20N2O2/c22-18(23)20-12-10-19(11-13-20)14-21(15-6-2-1-3-7-15)17-9-5-4-8-16(17)19/h1-9H,10-14H2,(H,22,23). The fraction of sp³-hybridized carbons (Fsp3) is 0.316. The van der Waals surface area contributed by atoms with E-state index in [2.05, 4.69) is 53.4 Å². The number of amides is 1. The number of benzene rings is 2. The average molecular weight is 308 g/mol. The third-order valence-electron chi connectivity index (χ3n) is 5.29. The van der Waals surface area contributed by atoms with E-state index in [9.17, 15) is 9.90 Å². The lowest BCUT2D eigenvalue weighted by molar-refractivity contribution is 0.119. The minimum atomic E-state index is -0.800. The number of nitrogens with zero attached hydrogens (tertiary/aromatic N) is 2. The number of likely N-dealkylation sites (tertiary alicyclic amines) is 1. The topological polar surface area (TPSA) is 43.8 Å². The van der Waals surface area contributed by atoms with Gasteiger partial charge in [0, 0.05) is 36.4 Å². The van der Waals surface area contributed by atoms with Gasteiger partial charge in [-0.2, -0.15) is 0 Å². The van der Waals surface area contributed by atoms with E-state index >= 15 is 0 Å². The highest BCUT2D eigenvalue weighted by molar-refractivity contribution is 5.73. The minimum Gasteiger partial charge on any atom is -0.465 e. The molecule has 0 unspecified atom stereocenters. The Morgan fingerprint density at radius 2 is 1.61 bits per heavy atom. The Hall–Kier alpha value is -2.49. The molecule has 0 saturated carbocycles. The van der Waals surface area contributed by atoms with Gasteiger partial charge in [0.25, 0.3) is 0 Å². The molecule has 0 radical (unpaired) electrons. The van der Waals surface area contributed by atoms with Gasteiger partial charge in [-0.05, 0) is 36.6 Å². The van der Waals surface area contributed by atoms with E-state index in [0.717, 1.165) is 19.4 Å². The summed E-state index contributed by atoms with van der Waals surface area (Å²) in [7, 11) is 0. The maximum Gasteiger partial charge on any atom is 0.407 e. The number of rotatable bonds is 1. The van der Waals surface area contributed by atoms with Crippen LogP contribution >= 0.6 is 0 Å². The van der Waals surface area contributed by atoms with Crippen molar-refractivity contribution in [2.45, 2.75) is 18.3 Å². The second kappa shape index (κ2) is 5.30. The second-order valence-corrected chi connectivity index (χ2v) is 6.49. The zero-order valence-electron chi connectivity index (χ0n) is 13.0. The fourth-order valence-corrected chi connectivity index (χ4v) is 4.02. The van der Waals surface area contributed by atoms with Gasteiger partial charge in [-0.25, -0.2) is 4.79 Å². The molecule has 2 heterocycles. The maximum atomic E-state index is 11.2. The van der Waals surface area contributed by atoms with Gasteiger partial charge in [0.2, 0.25) is 0 Å². The van der Waals surface area contributed by atoms with Crippen molar-refractivity contribution in [2.24, 2.45) is 0 Å². The lowest BCUT2D eigenvalue weighted by atomic mass is 9.74. The van der Waals surface area contributed by atoms with Crippen molar-refractivity contribution < 1.29 is 9.90 Å². The fourth-order valence-electron chi connectivity index (χ4n) is 4.02. The third-order valence-corrected chi connectivity index (χ3v) is 5.29. The first kappa shape index (κ1) is 14.1. The zero-order chi connectivity index (χ0) is 15.9. The van der Waals surface area contributed by atoms with E-state index < -0.39 is 6.09 Å². The number of hydrogen-bond donors (Lipinski definition) is 1. The Labute approximate surface area is 136 Å². The summed E-state index contributed by atoms with van der Waals surface area (Å²) in [5.41, 5.74) is 3.91. The molecule has 2 aliphatic heterocycles. The lowest BCUT2D eigenvalue weighted by Crippen LogP contribution is -2.46. The SMILES string of the molecule is O=C(O)N1CCC2(CC1)CN(c1ccccc1)c1ccccc12. The summed E-state index contributed by atoms with van der Waals surface area (Å²) in [6.07, 6.45) is 0.977. The van der Waals surface area contributed by atoms with Gasteiger partial charge in [0.1, 0.15) is 0 Å². The van der Waals surface area contributed by atoms with Crippen LogP contribution in [0, 0.1) is 0 Å². The Balaban J connectivity index is 1.70. The molecule has 2 aromatic carbocycles. The normalized spacial score (nSPS) is 19.0. The van der Waals surface area contributed by atoms with Crippen molar-refractivity contribution in [3.63, 3.8) is 0 Å². The number of piperidine rings is 1. The molecular weight excluding hydrogens is 288 g/mol. The number of fused-ring (bicyclic) bond motifs is 2. The van der Waals surface area contributed by atoms with Gasteiger partial charge in [-0.3, -0.25) is 0 Å². The van der Waals surface area contributed by atoms with E-state index in [-0.39, 0.29) is 5.41 Å². The van der Waals surface area contributed by atoms with Gasteiger partial charge >= 0.3 is 6.09 Å². The number of anilines is 2. The summed E-state index contributed by atoms with van der Waals surface area (Å²) in [6, 6.07) is 19.0. The molecule has 0 aliphatic carbocycles. The molecule has 1 spiro atoms. The zero-order valence-corrected chi connectivity index (χ0v) is 13.0.